The molecular weight excluding hydrogens is 224 g/mol. The van der Waals surface area contributed by atoms with Gasteiger partial charge in [-0.1, -0.05) is 0 Å². The van der Waals surface area contributed by atoms with E-state index in [0.717, 1.165) is 0 Å². The summed E-state index contributed by atoms with van der Waals surface area (Å²) in [5.41, 5.74) is 0. The highest BCUT2D eigenvalue weighted by Gasteiger charge is 2.13. The predicted octanol–water partition coefficient (Wildman–Crippen LogP) is -0.942. The molecule has 2 amide bonds. The maximum absolute atomic E-state index is 11.7. The average Bonchev–Trinajstić information content (AvgIpc) is 2.28. The molecule has 0 aliphatic rings. The number of nitrogens with zero attached hydrogens (tertiary/aromatic N) is 2. The average molecular weight is 246 g/mol. The minimum atomic E-state index is -0.139. The smallest absolute Gasteiger partial charge is 0.222 e. The molecule has 6 heteroatoms. The maximum Gasteiger partial charge on any atom is 0.222 e. The zero-order valence-corrected chi connectivity index (χ0v) is 10.6. The molecular formula is C11H22N2O4. The van der Waals surface area contributed by atoms with E-state index >= 15 is 0 Å². The molecule has 0 bridgehead atoms. The van der Waals surface area contributed by atoms with Crippen molar-refractivity contribution in [2.24, 2.45) is 0 Å². The lowest BCUT2D eigenvalue weighted by Gasteiger charge is -2.20. The standard InChI is InChI=1S/C11H22N2O4/c1-12(2)10(16)4-3-5-11(17)13(6-8-14)7-9-15/h14-15H,3-9H2,1-2H3. The molecule has 0 unspecified atom stereocenters. The Morgan fingerprint density at radius 2 is 1.41 bits per heavy atom. The second kappa shape index (κ2) is 8.95. The molecule has 0 aromatic rings. The quantitative estimate of drug-likeness (QED) is 0.579. The van der Waals surface area contributed by atoms with Crippen LogP contribution in [0.4, 0.5) is 0 Å². The lowest BCUT2D eigenvalue weighted by atomic mass is 10.2. The van der Waals surface area contributed by atoms with E-state index in [2.05, 4.69) is 0 Å². The SMILES string of the molecule is CN(C)C(=O)CCCC(=O)N(CCO)CCO. The van der Waals surface area contributed by atoms with E-state index in [4.69, 9.17) is 10.2 Å². The number of aliphatic hydroxyl groups is 2. The molecule has 0 saturated carbocycles. The Kier molecular flexibility index (Phi) is 8.35. The minimum Gasteiger partial charge on any atom is -0.395 e. The summed E-state index contributed by atoms with van der Waals surface area (Å²) >= 11 is 0. The Bertz CT molecular complexity index is 238. The van der Waals surface area contributed by atoms with Gasteiger partial charge in [0.1, 0.15) is 0 Å². The Hall–Kier alpha value is -1.14. The van der Waals surface area contributed by atoms with Gasteiger partial charge in [-0.15, -0.1) is 0 Å². The third-order valence-corrected chi connectivity index (χ3v) is 2.37. The third kappa shape index (κ3) is 6.91. The van der Waals surface area contributed by atoms with Gasteiger partial charge in [0, 0.05) is 40.0 Å². The van der Waals surface area contributed by atoms with Crippen molar-refractivity contribution in [1.82, 2.24) is 9.80 Å². The summed E-state index contributed by atoms with van der Waals surface area (Å²) in [4.78, 5) is 25.8. The molecule has 17 heavy (non-hydrogen) atoms. The van der Waals surface area contributed by atoms with Gasteiger partial charge < -0.3 is 20.0 Å². The molecule has 0 saturated heterocycles. The minimum absolute atomic E-state index is 0.00586. The van der Waals surface area contributed by atoms with E-state index in [1.165, 1.54) is 9.80 Å². The molecule has 2 N–H and O–H groups in total. The highest BCUT2D eigenvalue weighted by Crippen LogP contribution is 2.02. The van der Waals surface area contributed by atoms with Crippen LogP contribution in [-0.4, -0.2) is 72.2 Å². The van der Waals surface area contributed by atoms with E-state index in [1.54, 1.807) is 14.1 Å². The lowest BCUT2D eigenvalue weighted by molar-refractivity contribution is -0.132. The van der Waals surface area contributed by atoms with Crippen LogP contribution in [0.3, 0.4) is 0 Å². The van der Waals surface area contributed by atoms with Crippen LogP contribution in [0.25, 0.3) is 0 Å². The van der Waals surface area contributed by atoms with Crippen molar-refractivity contribution in [3.05, 3.63) is 0 Å². The second-order valence-corrected chi connectivity index (χ2v) is 3.97. The number of hydrogen-bond acceptors (Lipinski definition) is 4. The number of carbonyl (C=O) groups excluding carboxylic acids is 2. The first-order valence-electron chi connectivity index (χ1n) is 5.72. The fourth-order valence-corrected chi connectivity index (χ4v) is 1.38. The maximum atomic E-state index is 11.7. The molecule has 0 radical (unpaired) electrons. The first-order valence-corrected chi connectivity index (χ1v) is 5.72. The van der Waals surface area contributed by atoms with Crippen molar-refractivity contribution >= 4 is 11.8 Å². The fraction of sp³-hybridized carbons (Fsp3) is 0.818. The molecule has 0 aromatic heterocycles. The monoisotopic (exact) mass is 246 g/mol. The van der Waals surface area contributed by atoms with E-state index in [-0.39, 0.29) is 44.5 Å². The molecule has 0 aliphatic carbocycles. The van der Waals surface area contributed by atoms with Crippen LogP contribution in [0.1, 0.15) is 19.3 Å². The highest BCUT2D eigenvalue weighted by molar-refractivity contribution is 5.78. The van der Waals surface area contributed by atoms with Crippen molar-refractivity contribution in [2.75, 3.05) is 40.4 Å². The van der Waals surface area contributed by atoms with E-state index in [1.807, 2.05) is 0 Å². The van der Waals surface area contributed by atoms with Crippen LogP contribution in [0, 0.1) is 0 Å². The zero-order chi connectivity index (χ0) is 13.3. The summed E-state index contributed by atoms with van der Waals surface area (Å²) in [6, 6.07) is 0. The first kappa shape index (κ1) is 15.9. The predicted molar refractivity (Wildman–Crippen MR) is 63.3 cm³/mol. The van der Waals surface area contributed by atoms with Gasteiger partial charge in [0.25, 0.3) is 0 Å². The largest absolute Gasteiger partial charge is 0.395 e. The molecule has 0 fully saturated rings. The number of amides is 2. The van der Waals surface area contributed by atoms with Gasteiger partial charge >= 0.3 is 0 Å². The number of carbonyl (C=O) groups is 2. The summed E-state index contributed by atoms with van der Waals surface area (Å²) < 4.78 is 0. The number of aliphatic hydroxyl groups excluding tert-OH is 2. The lowest BCUT2D eigenvalue weighted by Crippen LogP contribution is -2.35. The van der Waals surface area contributed by atoms with Crippen LogP contribution >= 0.6 is 0 Å². The van der Waals surface area contributed by atoms with Gasteiger partial charge in [0.2, 0.25) is 11.8 Å². The third-order valence-electron chi connectivity index (χ3n) is 2.37. The van der Waals surface area contributed by atoms with Gasteiger partial charge in [-0.25, -0.2) is 0 Å². The summed E-state index contributed by atoms with van der Waals surface area (Å²) in [6.07, 6.45) is 1.09. The Labute approximate surface area is 102 Å². The van der Waals surface area contributed by atoms with Crippen molar-refractivity contribution in [3.63, 3.8) is 0 Å². The van der Waals surface area contributed by atoms with Gasteiger partial charge in [-0.2, -0.15) is 0 Å². The van der Waals surface area contributed by atoms with Gasteiger partial charge in [0.05, 0.1) is 13.2 Å². The second-order valence-electron chi connectivity index (χ2n) is 3.97. The topological polar surface area (TPSA) is 81.1 Å². The van der Waals surface area contributed by atoms with E-state index in [0.29, 0.717) is 12.8 Å². The Morgan fingerprint density at radius 3 is 1.82 bits per heavy atom. The molecule has 0 rings (SSSR count). The van der Waals surface area contributed by atoms with Crippen LogP contribution < -0.4 is 0 Å². The summed E-state index contributed by atoms with van der Waals surface area (Å²) in [6.45, 7) is 0.201. The Balaban J connectivity index is 3.93. The molecule has 0 aliphatic heterocycles. The van der Waals surface area contributed by atoms with E-state index < -0.39 is 0 Å². The Morgan fingerprint density at radius 1 is 0.941 bits per heavy atom. The van der Waals surface area contributed by atoms with Crippen LogP contribution in [0.15, 0.2) is 0 Å². The summed E-state index contributed by atoms with van der Waals surface area (Å²) in [7, 11) is 3.35. The molecule has 0 spiro atoms. The highest BCUT2D eigenvalue weighted by atomic mass is 16.3. The zero-order valence-electron chi connectivity index (χ0n) is 10.6. The first-order chi connectivity index (χ1) is 8.02. The molecule has 0 aromatic carbocycles. The molecule has 100 valence electrons. The molecule has 0 heterocycles. The van der Waals surface area contributed by atoms with Crippen molar-refractivity contribution in [1.29, 1.82) is 0 Å². The van der Waals surface area contributed by atoms with E-state index in [9.17, 15) is 9.59 Å². The van der Waals surface area contributed by atoms with Crippen molar-refractivity contribution < 1.29 is 19.8 Å². The fourth-order valence-electron chi connectivity index (χ4n) is 1.38. The van der Waals surface area contributed by atoms with Crippen molar-refractivity contribution in [2.45, 2.75) is 19.3 Å². The van der Waals surface area contributed by atoms with Crippen LogP contribution in [-0.2, 0) is 9.59 Å². The summed E-state index contributed by atoms with van der Waals surface area (Å²) in [5, 5.41) is 17.5. The molecule has 0 atom stereocenters. The number of hydrogen-bond donors (Lipinski definition) is 2. The van der Waals surface area contributed by atoms with Gasteiger partial charge in [-0.05, 0) is 6.42 Å². The van der Waals surface area contributed by atoms with Gasteiger partial charge in [-0.3, -0.25) is 9.59 Å². The van der Waals surface area contributed by atoms with Crippen LogP contribution in [0.2, 0.25) is 0 Å². The van der Waals surface area contributed by atoms with Crippen molar-refractivity contribution in [3.8, 4) is 0 Å². The van der Waals surface area contributed by atoms with Crippen LogP contribution in [0.5, 0.6) is 0 Å². The summed E-state index contributed by atoms with van der Waals surface area (Å²) in [5.74, 6) is -0.145. The van der Waals surface area contributed by atoms with Gasteiger partial charge in [0.15, 0.2) is 0 Å². The molecule has 6 nitrogen and oxygen atoms in total. The number of rotatable bonds is 8. The normalized spacial score (nSPS) is 10.1.